The minimum atomic E-state index is -3.66. The summed E-state index contributed by atoms with van der Waals surface area (Å²) < 4.78 is 29.6. The summed E-state index contributed by atoms with van der Waals surface area (Å²) in [4.78, 5) is 12.5. The minimum absolute atomic E-state index is 0.0172. The molecule has 0 bridgehead atoms. The molecule has 7 heteroatoms. The lowest BCUT2D eigenvalue weighted by Crippen LogP contribution is -2.37. The number of carbonyl (C=O) groups excluding carboxylic acids is 1. The predicted molar refractivity (Wildman–Crippen MR) is 99.3 cm³/mol. The Bertz CT molecular complexity index is 860. The molecule has 1 aliphatic carbocycles. The predicted octanol–water partition coefficient (Wildman–Crippen LogP) is 3.76. The summed E-state index contributed by atoms with van der Waals surface area (Å²) >= 11 is 5.84. The van der Waals surface area contributed by atoms with Crippen LogP contribution in [0.5, 0.6) is 0 Å². The second-order valence-corrected chi connectivity index (χ2v) is 8.00. The number of nitrogens with one attached hydrogen (secondary N) is 2. The van der Waals surface area contributed by atoms with Gasteiger partial charge in [0.2, 0.25) is 0 Å². The third kappa shape index (κ3) is 4.81. The molecule has 0 spiro atoms. The van der Waals surface area contributed by atoms with E-state index in [1.165, 1.54) is 6.07 Å². The zero-order chi connectivity index (χ0) is 17.9. The van der Waals surface area contributed by atoms with E-state index in [0.717, 1.165) is 25.7 Å². The van der Waals surface area contributed by atoms with Crippen molar-refractivity contribution < 1.29 is 13.2 Å². The lowest BCUT2D eigenvalue weighted by molar-refractivity contribution is 0.103. The van der Waals surface area contributed by atoms with Crippen molar-refractivity contribution in [2.24, 2.45) is 0 Å². The van der Waals surface area contributed by atoms with Crippen molar-refractivity contribution in [1.82, 2.24) is 4.72 Å². The normalized spacial score (nSPS) is 15.2. The number of hydrogen-bond acceptors (Lipinski definition) is 3. The van der Waals surface area contributed by atoms with Gasteiger partial charge in [-0.25, -0.2) is 0 Å². The number of hydrogen-bond donors (Lipinski definition) is 2. The summed E-state index contributed by atoms with van der Waals surface area (Å²) in [5.74, 6) is -0.193. The molecule has 2 aromatic rings. The Morgan fingerprint density at radius 3 is 2.36 bits per heavy atom. The molecule has 0 aromatic heterocycles. The number of benzene rings is 2. The van der Waals surface area contributed by atoms with Crippen LogP contribution in [0.15, 0.2) is 48.5 Å². The third-order valence-electron chi connectivity index (χ3n) is 4.16. The molecule has 2 aromatic carbocycles. The van der Waals surface area contributed by atoms with E-state index in [1.807, 2.05) is 0 Å². The number of ketones is 1. The number of rotatable bonds is 6. The van der Waals surface area contributed by atoms with E-state index in [2.05, 4.69) is 9.44 Å². The molecular weight excluding hydrogens is 360 g/mol. The van der Waals surface area contributed by atoms with Crippen LogP contribution < -0.4 is 9.44 Å². The van der Waals surface area contributed by atoms with E-state index in [4.69, 9.17) is 11.6 Å². The molecule has 1 fully saturated rings. The lowest BCUT2D eigenvalue weighted by Gasteiger charge is -2.14. The van der Waals surface area contributed by atoms with Crippen LogP contribution in [0.4, 0.5) is 5.69 Å². The highest BCUT2D eigenvalue weighted by molar-refractivity contribution is 7.90. The van der Waals surface area contributed by atoms with Crippen molar-refractivity contribution in [3.63, 3.8) is 0 Å². The van der Waals surface area contributed by atoms with E-state index < -0.39 is 10.2 Å². The fraction of sp³-hybridized carbons (Fsp3) is 0.278. The summed E-state index contributed by atoms with van der Waals surface area (Å²) in [5.41, 5.74) is 1.25. The van der Waals surface area contributed by atoms with Gasteiger partial charge in [0.1, 0.15) is 0 Å². The maximum atomic E-state index is 12.5. The van der Waals surface area contributed by atoms with E-state index in [0.29, 0.717) is 21.8 Å². The molecule has 25 heavy (non-hydrogen) atoms. The summed E-state index contributed by atoms with van der Waals surface area (Å²) in [6, 6.07) is 13.0. The van der Waals surface area contributed by atoms with Crippen molar-refractivity contribution in [2.75, 3.05) is 4.72 Å². The van der Waals surface area contributed by atoms with Gasteiger partial charge in [0.15, 0.2) is 5.78 Å². The molecule has 0 saturated heterocycles. The van der Waals surface area contributed by atoms with Crippen LogP contribution in [-0.4, -0.2) is 20.2 Å². The Hall–Kier alpha value is -1.89. The summed E-state index contributed by atoms with van der Waals surface area (Å²) in [6.07, 6.45) is 3.79. The Labute approximate surface area is 152 Å². The first-order valence-electron chi connectivity index (χ1n) is 8.13. The zero-order valence-electron chi connectivity index (χ0n) is 13.5. The van der Waals surface area contributed by atoms with Crippen molar-refractivity contribution in [3.05, 3.63) is 64.7 Å². The molecule has 3 rings (SSSR count). The summed E-state index contributed by atoms with van der Waals surface area (Å²) in [6.45, 7) is 0. The van der Waals surface area contributed by atoms with Crippen LogP contribution in [0.25, 0.3) is 0 Å². The average Bonchev–Trinajstić information content (AvgIpc) is 3.07. The molecule has 0 radical (unpaired) electrons. The van der Waals surface area contributed by atoms with Gasteiger partial charge >= 0.3 is 0 Å². The Morgan fingerprint density at radius 2 is 1.68 bits per heavy atom. The molecule has 0 atom stereocenters. The van der Waals surface area contributed by atoms with Gasteiger partial charge in [0.05, 0.1) is 5.69 Å². The van der Waals surface area contributed by atoms with Crippen LogP contribution in [0.3, 0.4) is 0 Å². The second-order valence-electron chi connectivity index (χ2n) is 6.12. The van der Waals surface area contributed by atoms with E-state index >= 15 is 0 Å². The van der Waals surface area contributed by atoms with E-state index in [9.17, 15) is 13.2 Å². The third-order valence-corrected chi connectivity index (χ3v) is 5.56. The highest BCUT2D eigenvalue weighted by Gasteiger charge is 2.21. The van der Waals surface area contributed by atoms with E-state index in [1.54, 1.807) is 42.5 Å². The fourth-order valence-corrected chi connectivity index (χ4v) is 4.24. The van der Waals surface area contributed by atoms with Crippen molar-refractivity contribution in [1.29, 1.82) is 0 Å². The smallest absolute Gasteiger partial charge is 0.289 e. The van der Waals surface area contributed by atoms with Gasteiger partial charge in [0.25, 0.3) is 10.2 Å². The van der Waals surface area contributed by atoms with Crippen LogP contribution in [0, 0.1) is 0 Å². The average molecular weight is 379 g/mol. The van der Waals surface area contributed by atoms with Gasteiger partial charge in [-0.2, -0.15) is 13.1 Å². The first-order chi connectivity index (χ1) is 11.9. The zero-order valence-corrected chi connectivity index (χ0v) is 15.1. The van der Waals surface area contributed by atoms with Gasteiger partial charge in [-0.1, -0.05) is 36.6 Å². The largest absolute Gasteiger partial charge is 0.299 e. The molecule has 0 amide bonds. The SMILES string of the molecule is O=C(c1ccc(Cl)cc1)c1cccc(NS(=O)(=O)NC2CCCC2)c1. The maximum Gasteiger partial charge on any atom is 0.299 e. The van der Waals surface area contributed by atoms with Gasteiger partial charge < -0.3 is 0 Å². The van der Waals surface area contributed by atoms with Crippen LogP contribution >= 0.6 is 11.6 Å². The molecule has 0 aliphatic heterocycles. The first-order valence-corrected chi connectivity index (χ1v) is 9.99. The Morgan fingerprint density at radius 1 is 1.00 bits per heavy atom. The monoisotopic (exact) mass is 378 g/mol. The fourth-order valence-electron chi connectivity index (χ4n) is 2.94. The molecule has 1 saturated carbocycles. The topological polar surface area (TPSA) is 75.3 Å². The molecule has 0 heterocycles. The van der Waals surface area contributed by atoms with Gasteiger partial charge in [-0.15, -0.1) is 0 Å². The van der Waals surface area contributed by atoms with Gasteiger partial charge in [0, 0.05) is 22.2 Å². The number of halogens is 1. The first kappa shape index (κ1) is 17.9. The summed E-state index contributed by atoms with van der Waals surface area (Å²) in [7, 11) is -3.66. The van der Waals surface area contributed by atoms with Crippen LogP contribution in [-0.2, 0) is 10.2 Å². The highest BCUT2D eigenvalue weighted by atomic mass is 35.5. The molecular formula is C18H19ClN2O3S. The number of anilines is 1. The lowest BCUT2D eigenvalue weighted by atomic mass is 10.0. The van der Waals surface area contributed by atoms with Gasteiger partial charge in [-0.3, -0.25) is 9.52 Å². The Kier molecular flexibility index (Phi) is 5.42. The Balaban J connectivity index is 1.74. The number of carbonyl (C=O) groups is 1. The molecule has 132 valence electrons. The molecule has 5 nitrogen and oxygen atoms in total. The molecule has 0 unspecified atom stereocenters. The quantitative estimate of drug-likeness (QED) is 0.751. The van der Waals surface area contributed by atoms with Crippen LogP contribution in [0.2, 0.25) is 5.02 Å². The van der Waals surface area contributed by atoms with Gasteiger partial charge in [-0.05, 0) is 49.2 Å². The summed E-state index contributed by atoms with van der Waals surface area (Å²) in [5, 5.41) is 0.552. The van der Waals surface area contributed by atoms with Crippen molar-refractivity contribution >= 4 is 33.3 Å². The maximum absolute atomic E-state index is 12.5. The van der Waals surface area contributed by atoms with Crippen molar-refractivity contribution in [2.45, 2.75) is 31.7 Å². The molecule has 1 aliphatic rings. The standard InChI is InChI=1S/C18H19ClN2O3S/c19-15-10-8-13(9-11-15)18(22)14-4-3-7-17(12-14)21-25(23,24)20-16-5-1-2-6-16/h3-4,7-12,16,20-21H,1-2,5-6H2. The highest BCUT2D eigenvalue weighted by Crippen LogP contribution is 2.20. The minimum Gasteiger partial charge on any atom is -0.289 e. The second kappa shape index (κ2) is 7.56. The van der Waals surface area contributed by atoms with Crippen molar-refractivity contribution in [3.8, 4) is 0 Å². The van der Waals surface area contributed by atoms with Crippen LogP contribution in [0.1, 0.15) is 41.6 Å². The van der Waals surface area contributed by atoms with E-state index in [-0.39, 0.29) is 11.8 Å². The molecule has 2 N–H and O–H groups in total.